The molecule has 2 aliphatic rings. The molecule has 0 aromatic heterocycles. The predicted octanol–water partition coefficient (Wildman–Crippen LogP) is 2.39. The Hall–Kier alpha value is -1.55. The second-order valence-electron chi connectivity index (χ2n) is 7.21. The summed E-state index contributed by atoms with van der Waals surface area (Å²) < 4.78 is 5.53. The van der Waals surface area contributed by atoms with Gasteiger partial charge in [-0.25, -0.2) is 4.79 Å². The molecule has 2 aliphatic heterocycles. The van der Waals surface area contributed by atoms with Gasteiger partial charge < -0.3 is 15.0 Å². The molecule has 1 aromatic carbocycles. The maximum Gasteiger partial charge on any atom is 0.410 e. The largest absolute Gasteiger partial charge is 0.444 e. The molecule has 1 amide bonds. The van der Waals surface area contributed by atoms with Gasteiger partial charge in [0.15, 0.2) is 0 Å². The van der Waals surface area contributed by atoms with Gasteiger partial charge in [0.2, 0.25) is 0 Å². The van der Waals surface area contributed by atoms with Crippen molar-refractivity contribution in [3.05, 3.63) is 35.9 Å². The van der Waals surface area contributed by atoms with Crippen LogP contribution >= 0.6 is 0 Å². The van der Waals surface area contributed by atoms with E-state index in [1.807, 2.05) is 31.7 Å². The Balaban J connectivity index is 1.81. The van der Waals surface area contributed by atoms with Crippen LogP contribution in [0.2, 0.25) is 0 Å². The molecule has 0 saturated carbocycles. The minimum absolute atomic E-state index is 0.0398. The lowest BCUT2D eigenvalue weighted by Crippen LogP contribution is -2.40. The van der Waals surface area contributed by atoms with E-state index in [0.717, 1.165) is 26.2 Å². The predicted molar refractivity (Wildman–Crippen MR) is 82.3 cm³/mol. The van der Waals surface area contributed by atoms with Gasteiger partial charge in [-0.1, -0.05) is 30.3 Å². The number of amides is 1. The maximum atomic E-state index is 12.3. The Bertz CT molecular complexity index is 523. The number of carbonyl (C=O) groups excluding carboxylic acids is 1. The van der Waals surface area contributed by atoms with Crippen LogP contribution in [-0.2, 0) is 10.2 Å². The molecule has 2 atom stereocenters. The van der Waals surface area contributed by atoms with Gasteiger partial charge in [-0.15, -0.1) is 0 Å². The van der Waals surface area contributed by atoms with Gasteiger partial charge in [0.25, 0.3) is 0 Å². The van der Waals surface area contributed by atoms with E-state index < -0.39 is 5.60 Å². The van der Waals surface area contributed by atoms with E-state index in [-0.39, 0.29) is 11.5 Å². The van der Waals surface area contributed by atoms with Crippen LogP contribution in [0.1, 0.15) is 26.3 Å². The van der Waals surface area contributed by atoms with Crippen molar-refractivity contribution in [2.45, 2.75) is 31.8 Å². The average Bonchev–Trinajstić information content (AvgIpc) is 2.95. The second kappa shape index (κ2) is 5.02. The number of likely N-dealkylation sites (tertiary alicyclic amines) is 1. The summed E-state index contributed by atoms with van der Waals surface area (Å²) in [5, 5.41) is 3.49. The van der Waals surface area contributed by atoms with Crippen LogP contribution in [0.15, 0.2) is 30.3 Å². The van der Waals surface area contributed by atoms with Crippen molar-refractivity contribution in [1.29, 1.82) is 0 Å². The first kappa shape index (κ1) is 14.4. The first-order chi connectivity index (χ1) is 9.91. The number of hydrogen-bond acceptors (Lipinski definition) is 3. The summed E-state index contributed by atoms with van der Waals surface area (Å²) in [6.45, 7) is 9.15. The SMILES string of the molecule is CC(C)(C)OC(=O)N1CC2CNC[C@]2(c2ccccc2)C1. The highest BCUT2D eigenvalue weighted by molar-refractivity contribution is 5.69. The third kappa shape index (κ3) is 2.64. The molecular formula is C17H24N2O2. The maximum absolute atomic E-state index is 12.3. The highest BCUT2D eigenvalue weighted by Crippen LogP contribution is 2.42. The van der Waals surface area contributed by atoms with E-state index >= 15 is 0 Å². The second-order valence-corrected chi connectivity index (χ2v) is 7.21. The third-order valence-electron chi connectivity index (χ3n) is 4.53. The number of ether oxygens (including phenoxy) is 1. The Kier molecular flexibility index (Phi) is 3.44. The average molecular weight is 288 g/mol. The Morgan fingerprint density at radius 2 is 2.05 bits per heavy atom. The van der Waals surface area contributed by atoms with E-state index in [1.165, 1.54) is 5.56 Å². The monoisotopic (exact) mass is 288 g/mol. The number of fused-ring (bicyclic) bond motifs is 1. The number of benzene rings is 1. The smallest absolute Gasteiger partial charge is 0.410 e. The fourth-order valence-electron chi connectivity index (χ4n) is 3.57. The zero-order chi connectivity index (χ0) is 15.1. The minimum atomic E-state index is -0.438. The van der Waals surface area contributed by atoms with E-state index in [1.54, 1.807) is 0 Å². The minimum Gasteiger partial charge on any atom is -0.444 e. The molecule has 1 N–H and O–H groups in total. The van der Waals surface area contributed by atoms with Gasteiger partial charge in [-0.05, 0) is 26.3 Å². The fraction of sp³-hybridized carbons (Fsp3) is 0.588. The molecule has 0 aliphatic carbocycles. The lowest BCUT2D eigenvalue weighted by atomic mass is 9.75. The summed E-state index contributed by atoms with van der Waals surface area (Å²) in [6.07, 6.45) is -0.188. The Morgan fingerprint density at radius 3 is 2.71 bits per heavy atom. The third-order valence-corrected chi connectivity index (χ3v) is 4.53. The summed E-state index contributed by atoms with van der Waals surface area (Å²) in [5.41, 5.74) is 0.927. The van der Waals surface area contributed by atoms with Crippen molar-refractivity contribution in [2.75, 3.05) is 26.2 Å². The number of nitrogens with zero attached hydrogens (tertiary/aromatic N) is 1. The van der Waals surface area contributed by atoms with Gasteiger partial charge in [0.05, 0.1) is 0 Å². The van der Waals surface area contributed by atoms with Crippen LogP contribution in [-0.4, -0.2) is 42.8 Å². The molecule has 3 rings (SSSR count). The first-order valence-corrected chi connectivity index (χ1v) is 7.65. The van der Waals surface area contributed by atoms with E-state index in [0.29, 0.717) is 5.92 Å². The molecule has 0 spiro atoms. The number of nitrogens with one attached hydrogen (secondary N) is 1. The molecule has 1 unspecified atom stereocenters. The summed E-state index contributed by atoms with van der Waals surface area (Å²) in [5.74, 6) is 0.465. The van der Waals surface area contributed by atoms with E-state index in [2.05, 4.69) is 29.6 Å². The molecule has 21 heavy (non-hydrogen) atoms. The number of rotatable bonds is 1. The Morgan fingerprint density at radius 1 is 1.33 bits per heavy atom. The highest BCUT2D eigenvalue weighted by Gasteiger charge is 2.52. The van der Waals surface area contributed by atoms with Crippen LogP contribution in [0.4, 0.5) is 4.79 Å². The van der Waals surface area contributed by atoms with Crippen molar-refractivity contribution in [3.8, 4) is 0 Å². The topological polar surface area (TPSA) is 41.6 Å². The van der Waals surface area contributed by atoms with Gasteiger partial charge >= 0.3 is 6.09 Å². The van der Waals surface area contributed by atoms with Crippen LogP contribution < -0.4 is 5.32 Å². The lowest BCUT2D eigenvalue weighted by molar-refractivity contribution is 0.0278. The summed E-state index contributed by atoms with van der Waals surface area (Å²) in [7, 11) is 0. The van der Waals surface area contributed by atoms with Gasteiger partial charge in [-0.2, -0.15) is 0 Å². The van der Waals surface area contributed by atoms with Gasteiger partial charge in [0, 0.05) is 37.5 Å². The molecule has 4 heteroatoms. The van der Waals surface area contributed by atoms with Crippen molar-refractivity contribution in [1.82, 2.24) is 10.2 Å². The number of carbonyl (C=O) groups is 1. The summed E-state index contributed by atoms with van der Waals surface area (Å²) in [6, 6.07) is 10.6. The molecule has 1 aromatic rings. The van der Waals surface area contributed by atoms with Crippen LogP contribution in [0.25, 0.3) is 0 Å². The molecule has 2 heterocycles. The van der Waals surface area contributed by atoms with E-state index in [4.69, 9.17) is 4.74 Å². The first-order valence-electron chi connectivity index (χ1n) is 7.65. The van der Waals surface area contributed by atoms with E-state index in [9.17, 15) is 4.79 Å². The van der Waals surface area contributed by atoms with Crippen molar-refractivity contribution in [3.63, 3.8) is 0 Å². The van der Waals surface area contributed by atoms with Crippen molar-refractivity contribution in [2.24, 2.45) is 5.92 Å². The quantitative estimate of drug-likeness (QED) is 0.863. The fourth-order valence-corrected chi connectivity index (χ4v) is 3.57. The zero-order valence-corrected chi connectivity index (χ0v) is 13.1. The van der Waals surface area contributed by atoms with Gasteiger partial charge in [0.1, 0.15) is 5.60 Å². The summed E-state index contributed by atoms with van der Waals surface area (Å²) >= 11 is 0. The molecule has 114 valence electrons. The molecule has 0 bridgehead atoms. The van der Waals surface area contributed by atoms with Crippen LogP contribution in [0.5, 0.6) is 0 Å². The standard InChI is InChI=1S/C17H24N2O2/c1-16(2,3)21-15(20)19-10-14-9-18-11-17(14,12-19)13-7-5-4-6-8-13/h4-8,14,18H,9-12H2,1-3H3/t14?,17-/m1/s1. The zero-order valence-electron chi connectivity index (χ0n) is 13.1. The Labute approximate surface area is 126 Å². The number of hydrogen-bond donors (Lipinski definition) is 1. The highest BCUT2D eigenvalue weighted by atomic mass is 16.6. The normalized spacial score (nSPS) is 28.5. The lowest BCUT2D eigenvalue weighted by Gasteiger charge is -2.29. The van der Waals surface area contributed by atoms with Crippen LogP contribution in [0.3, 0.4) is 0 Å². The van der Waals surface area contributed by atoms with Crippen molar-refractivity contribution < 1.29 is 9.53 Å². The van der Waals surface area contributed by atoms with Gasteiger partial charge in [-0.3, -0.25) is 0 Å². The molecule has 4 nitrogen and oxygen atoms in total. The van der Waals surface area contributed by atoms with Crippen molar-refractivity contribution >= 4 is 6.09 Å². The molecule has 0 radical (unpaired) electrons. The summed E-state index contributed by atoms with van der Waals surface area (Å²) in [4.78, 5) is 14.2. The molecule has 2 fully saturated rings. The molecular weight excluding hydrogens is 264 g/mol. The molecule has 2 saturated heterocycles. The van der Waals surface area contributed by atoms with Crippen LogP contribution in [0, 0.1) is 5.92 Å².